The maximum atomic E-state index is 6.16. The molecule has 3 heterocycles. The van der Waals surface area contributed by atoms with Gasteiger partial charge in [-0.2, -0.15) is 0 Å². The maximum absolute atomic E-state index is 6.16. The van der Waals surface area contributed by atoms with Gasteiger partial charge >= 0.3 is 0 Å². The van der Waals surface area contributed by atoms with Crippen molar-refractivity contribution in [3.63, 3.8) is 0 Å². The molecule has 0 radical (unpaired) electrons. The molecule has 0 spiro atoms. The van der Waals surface area contributed by atoms with Crippen LogP contribution in [0.3, 0.4) is 0 Å². The first-order valence-electron chi connectivity index (χ1n) is 11.0. The largest absolute Gasteiger partial charge is 0.360 e. The predicted molar refractivity (Wildman–Crippen MR) is 124 cm³/mol. The van der Waals surface area contributed by atoms with Gasteiger partial charge in [-0.3, -0.25) is 5.32 Å². The van der Waals surface area contributed by atoms with Crippen LogP contribution in [-0.4, -0.2) is 36.3 Å². The minimum absolute atomic E-state index is 0.519. The number of rotatable bonds is 9. The van der Waals surface area contributed by atoms with Crippen LogP contribution in [0.4, 0.5) is 5.82 Å². The van der Waals surface area contributed by atoms with Gasteiger partial charge in [0, 0.05) is 53.4 Å². The summed E-state index contributed by atoms with van der Waals surface area (Å²) < 4.78 is 5.87. The van der Waals surface area contributed by atoms with Gasteiger partial charge in [0.25, 0.3) is 0 Å². The van der Waals surface area contributed by atoms with Crippen molar-refractivity contribution in [2.45, 2.75) is 45.6 Å². The summed E-state index contributed by atoms with van der Waals surface area (Å²) in [6, 6.07) is 12.3. The Morgan fingerprint density at radius 2 is 2.03 bits per heavy atom. The number of fused-ring (bicyclic) bond motifs is 1. The van der Waals surface area contributed by atoms with Crippen molar-refractivity contribution in [3.05, 3.63) is 58.4 Å². The van der Waals surface area contributed by atoms with Crippen molar-refractivity contribution in [1.82, 2.24) is 15.3 Å². The minimum Gasteiger partial charge on any atom is -0.360 e. The number of nitrogens with one attached hydrogen (secondary N) is 2. The van der Waals surface area contributed by atoms with Crippen LogP contribution >= 0.6 is 11.6 Å². The van der Waals surface area contributed by atoms with E-state index in [0.717, 1.165) is 60.2 Å². The van der Waals surface area contributed by atoms with E-state index in [-0.39, 0.29) is 0 Å². The van der Waals surface area contributed by atoms with Crippen LogP contribution in [0.25, 0.3) is 10.9 Å². The van der Waals surface area contributed by atoms with Crippen LogP contribution in [0.15, 0.2) is 36.4 Å². The fraction of sp³-hybridized carbons (Fsp3) is 0.458. The topological polar surface area (TPSA) is 53.2 Å². The summed E-state index contributed by atoms with van der Waals surface area (Å²) in [7, 11) is 0. The normalized spacial score (nSPS) is 14.5. The van der Waals surface area contributed by atoms with Gasteiger partial charge in [-0.15, -0.1) is 0 Å². The monoisotopic (exact) mass is 426 g/mol. The van der Waals surface area contributed by atoms with Crippen molar-refractivity contribution in [1.29, 1.82) is 0 Å². The molecule has 0 bridgehead atoms. The molecule has 4 rings (SSSR count). The highest BCUT2D eigenvalue weighted by Crippen LogP contribution is 2.26. The number of pyridine rings is 1. The fourth-order valence-electron chi connectivity index (χ4n) is 4.22. The molecule has 0 unspecified atom stereocenters. The number of aryl methyl sites for hydroxylation is 1. The number of aromatic amines is 1. The summed E-state index contributed by atoms with van der Waals surface area (Å²) in [6.45, 7) is 6.34. The number of hydrogen-bond donors (Lipinski definition) is 2. The van der Waals surface area contributed by atoms with E-state index in [0.29, 0.717) is 13.3 Å². The number of benzene rings is 1. The third-order valence-electron chi connectivity index (χ3n) is 5.79. The zero-order valence-electron chi connectivity index (χ0n) is 17.7. The summed E-state index contributed by atoms with van der Waals surface area (Å²) in [5.41, 5.74) is 4.66. The van der Waals surface area contributed by atoms with E-state index in [1.165, 1.54) is 30.2 Å². The Hall–Kier alpha value is -2.08. The Labute approximate surface area is 183 Å². The van der Waals surface area contributed by atoms with Gasteiger partial charge in [0.2, 0.25) is 0 Å². The minimum atomic E-state index is 0.519. The van der Waals surface area contributed by atoms with Crippen LogP contribution in [0.1, 0.15) is 43.1 Å². The number of ether oxygens (including phenoxy) is 1. The number of piperidine rings is 1. The number of anilines is 1. The SMILES string of the molecule is CCc1c(COCNCCc2cccc(N3CCCCC3)n2)[nH]c2ccc(Cl)cc12. The third-order valence-corrected chi connectivity index (χ3v) is 6.03. The smallest absolute Gasteiger partial charge is 0.128 e. The third kappa shape index (κ3) is 5.15. The average molecular weight is 427 g/mol. The quantitative estimate of drug-likeness (QED) is 0.370. The highest BCUT2D eigenvalue weighted by Gasteiger charge is 2.12. The van der Waals surface area contributed by atoms with Gasteiger partial charge < -0.3 is 14.6 Å². The molecule has 0 atom stereocenters. The van der Waals surface area contributed by atoms with Crippen LogP contribution in [0.5, 0.6) is 0 Å². The lowest BCUT2D eigenvalue weighted by molar-refractivity contribution is 0.101. The molecule has 1 saturated heterocycles. The second-order valence-electron chi connectivity index (χ2n) is 7.90. The molecule has 6 heteroatoms. The summed E-state index contributed by atoms with van der Waals surface area (Å²) in [4.78, 5) is 10.7. The van der Waals surface area contributed by atoms with E-state index in [9.17, 15) is 0 Å². The van der Waals surface area contributed by atoms with Crippen LogP contribution < -0.4 is 10.2 Å². The molecule has 5 nitrogen and oxygen atoms in total. The van der Waals surface area contributed by atoms with E-state index in [2.05, 4.69) is 40.3 Å². The second kappa shape index (κ2) is 10.3. The molecule has 1 fully saturated rings. The number of halogens is 1. The highest BCUT2D eigenvalue weighted by molar-refractivity contribution is 6.31. The van der Waals surface area contributed by atoms with Crippen LogP contribution in [0.2, 0.25) is 5.02 Å². The van der Waals surface area contributed by atoms with Crippen molar-refractivity contribution in [2.24, 2.45) is 0 Å². The first kappa shape index (κ1) is 21.2. The van der Waals surface area contributed by atoms with Gasteiger partial charge in [-0.25, -0.2) is 4.98 Å². The molecular formula is C24H31ClN4O. The molecule has 1 aromatic carbocycles. The molecular weight excluding hydrogens is 396 g/mol. The van der Waals surface area contributed by atoms with E-state index in [4.69, 9.17) is 21.3 Å². The number of hydrogen-bond acceptors (Lipinski definition) is 4. The summed E-state index contributed by atoms with van der Waals surface area (Å²) >= 11 is 6.16. The van der Waals surface area contributed by atoms with E-state index in [1.807, 2.05) is 18.2 Å². The van der Waals surface area contributed by atoms with Crippen molar-refractivity contribution in [2.75, 3.05) is 31.3 Å². The zero-order chi connectivity index (χ0) is 20.8. The molecule has 160 valence electrons. The first-order valence-corrected chi connectivity index (χ1v) is 11.4. The van der Waals surface area contributed by atoms with E-state index in [1.54, 1.807) is 0 Å². The molecule has 30 heavy (non-hydrogen) atoms. The van der Waals surface area contributed by atoms with Crippen molar-refractivity contribution in [3.8, 4) is 0 Å². The summed E-state index contributed by atoms with van der Waals surface area (Å²) in [5.74, 6) is 1.12. The molecule has 2 N–H and O–H groups in total. The molecule has 0 aliphatic carbocycles. The number of nitrogens with zero attached hydrogens (tertiary/aromatic N) is 2. The molecule has 1 aliphatic heterocycles. The number of H-pyrrole nitrogens is 1. The highest BCUT2D eigenvalue weighted by atomic mass is 35.5. The lowest BCUT2D eigenvalue weighted by atomic mass is 10.1. The fourth-order valence-corrected chi connectivity index (χ4v) is 4.39. The Bertz CT molecular complexity index is 965. The molecule has 0 amide bonds. The van der Waals surface area contributed by atoms with E-state index >= 15 is 0 Å². The summed E-state index contributed by atoms with van der Waals surface area (Å²) in [5, 5.41) is 5.33. The lowest BCUT2D eigenvalue weighted by Gasteiger charge is -2.28. The summed E-state index contributed by atoms with van der Waals surface area (Å²) in [6.07, 6.45) is 5.73. The van der Waals surface area contributed by atoms with Crippen molar-refractivity contribution >= 4 is 28.3 Å². The second-order valence-corrected chi connectivity index (χ2v) is 8.34. The first-order chi connectivity index (χ1) is 14.7. The average Bonchev–Trinajstić information content (AvgIpc) is 3.13. The lowest BCUT2D eigenvalue weighted by Crippen LogP contribution is -2.30. The van der Waals surface area contributed by atoms with E-state index < -0.39 is 0 Å². The Kier molecular flexibility index (Phi) is 7.26. The molecule has 1 aliphatic rings. The van der Waals surface area contributed by atoms with Gasteiger partial charge in [0.1, 0.15) is 5.82 Å². The Balaban J connectivity index is 1.23. The zero-order valence-corrected chi connectivity index (χ0v) is 18.5. The van der Waals surface area contributed by atoms with Gasteiger partial charge in [0.05, 0.1) is 13.3 Å². The maximum Gasteiger partial charge on any atom is 0.128 e. The molecule has 3 aromatic rings. The molecule has 2 aromatic heterocycles. The van der Waals surface area contributed by atoms with Crippen LogP contribution in [0, 0.1) is 0 Å². The van der Waals surface area contributed by atoms with Gasteiger partial charge in [-0.1, -0.05) is 24.6 Å². The Morgan fingerprint density at radius 1 is 1.17 bits per heavy atom. The Morgan fingerprint density at radius 3 is 2.87 bits per heavy atom. The van der Waals surface area contributed by atoms with Crippen molar-refractivity contribution < 1.29 is 4.74 Å². The van der Waals surface area contributed by atoms with Gasteiger partial charge in [0.15, 0.2) is 0 Å². The molecule has 0 saturated carbocycles. The van der Waals surface area contributed by atoms with Crippen LogP contribution in [-0.2, 0) is 24.2 Å². The van der Waals surface area contributed by atoms with Gasteiger partial charge in [-0.05, 0) is 61.6 Å². The predicted octanol–water partition coefficient (Wildman–Crippen LogP) is 5.08. The standard InChI is InChI=1S/C24H31ClN4O/c1-2-20-21-15-18(25)9-10-22(21)28-23(20)16-30-17-26-12-11-19-7-6-8-24(27-19)29-13-4-3-5-14-29/h6-10,15,26,28H,2-5,11-14,16-17H2,1H3. The number of aromatic nitrogens is 2.